The Morgan fingerprint density at radius 2 is 2.27 bits per heavy atom. The van der Waals surface area contributed by atoms with Gasteiger partial charge in [0.2, 0.25) is 5.91 Å². The normalized spacial score (nSPS) is 14.2. The fourth-order valence-electron chi connectivity index (χ4n) is 2.59. The van der Waals surface area contributed by atoms with Gasteiger partial charge in [-0.2, -0.15) is 0 Å². The van der Waals surface area contributed by atoms with Crippen LogP contribution in [0.15, 0.2) is 35.4 Å². The number of alkyl halides is 1. The topological polar surface area (TPSA) is 94.5 Å². The minimum Gasteiger partial charge on any atom is -0.459 e. The Kier molecular flexibility index (Phi) is 8.08. The van der Waals surface area contributed by atoms with E-state index in [1.165, 1.54) is 18.0 Å². The van der Waals surface area contributed by atoms with Crippen LogP contribution in [-0.2, 0) is 22.6 Å². The van der Waals surface area contributed by atoms with Gasteiger partial charge >= 0.3 is 0 Å². The number of nitrogens with two attached hydrogens (primary N) is 2. The molecule has 0 saturated carbocycles. The number of amides is 1. The first-order valence-corrected chi connectivity index (χ1v) is 9.50. The number of hydrazine groups is 1. The maximum absolute atomic E-state index is 13.4. The number of hydrogen-bond acceptors (Lipinski definition) is 6. The molecule has 142 valence electrons. The van der Waals surface area contributed by atoms with E-state index < -0.39 is 6.67 Å². The van der Waals surface area contributed by atoms with Crippen molar-refractivity contribution in [1.82, 2.24) is 4.98 Å². The summed E-state index contributed by atoms with van der Waals surface area (Å²) in [7, 11) is 0. The number of nitrogens with zero attached hydrogens (tertiary/aromatic N) is 2. The number of rotatable bonds is 8. The Labute approximate surface area is 157 Å². The number of halogens is 1. The highest BCUT2D eigenvalue weighted by Gasteiger charge is 2.18. The molecule has 1 aliphatic heterocycles. The molecule has 0 bridgehead atoms. The smallest absolute Gasteiger partial charge is 0.242 e. The zero-order valence-corrected chi connectivity index (χ0v) is 15.7. The third-order valence-electron chi connectivity index (χ3n) is 4.05. The van der Waals surface area contributed by atoms with Gasteiger partial charge in [0, 0.05) is 30.5 Å². The molecule has 8 heteroatoms. The van der Waals surface area contributed by atoms with Crippen LogP contribution >= 0.6 is 11.8 Å². The van der Waals surface area contributed by atoms with Crippen molar-refractivity contribution in [1.29, 1.82) is 0 Å². The fraction of sp³-hybridized carbons (Fsp3) is 0.444. The average molecular weight is 380 g/mol. The van der Waals surface area contributed by atoms with E-state index in [9.17, 15) is 9.18 Å². The first-order chi connectivity index (χ1) is 12.6. The van der Waals surface area contributed by atoms with Crippen LogP contribution in [0.3, 0.4) is 0 Å². The lowest BCUT2D eigenvalue weighted by molar-refractivity contribution is -0.118. The highest BCUT2D eigenvalue weighted by Crippen LogP contribution is 2.30. The quantitative estimate of drug-likeness (QED) is 0.409. The number of aromatic nitrogens is 1. The number of ether oxygens (including phenoxy) is 1. The van der Waals surface area contributed by atoms with Crippen LogP contribution < -0.4 is 16.6 Å². The molecule has 0 unspecified atom stereocenters. The third kappa shape index (κ3) is 5.30. The van der Waals surface area contributed by atoms with Gasteiger partial charge < -0.3 is 10.5 Å². The predicted octanol–water partition coefficient (Wildman–Crippen LogP) is 2.94. The summed E-state index contributed by atoms with van der Waals surface area (Å²) in [6.45, 7) is 1.58. The summed E-state index contributed by atoms with van der Waals surface area (Å²) in [6, 6.07) is 0. The van der Waals surface area contributed by atoms with Crippen molar-refractivity contribution in [2.45, 2.75) is 39.3 Å². The molecular weight excluding hydrogens is 355 g/mol. The molecule has 0 atom stereocenters. The molecule has 1 aliphatic rings. The maximum atomic E-state index is 13.4. The molecule has 6 nitrogen and oxygen atoms in total. The summed E-state index contributed by atoms with van der Waals surface area (Å²) in [5.74, 6) is 6.27. The largest absolute Gasteiger partial charge is 0.459 e. The number of allylic oxidation sites excluding steroid dienone is 2. The summed E-state index contributed by atoms with van der Waals surface area (Å²) in [5.41, 5.74) is 8.16. The van der Waals surface area contributed by atoms with Crippen LogP contribution in [0.25, 0.3) is 0 Å². The van der Waals surface area contributed by atoms with Crippen LogP contribution in [0.5, 0.6) is 0 Å². The van der Waals surface area contributed by atoms with Gasteiger partial charge in [-0.1, -0.05) is 11.8 Å². The number of carbonyl (C=O) groups excluding carboxylic acids is 1. The maximum Gasteiger partial charge on any atom is 0.242 e. The summed E-state index contributed by atoms with van der Waals surface area (Å²) in [5, 5.41) is 1.90. The van der Waals surface area contributed by atoms with Crippen LogP contribution in [0.4, 0.5) is 10.1 Å². The van der Waals surface area contributed by atoms with Crippen LogP contribution in [-0.4, -0.2) is 23.2 Å². The summed E-state index contributed by atoms with van der Waals surface area (Å²) < 4.78 is 19.1. The standard InChI is InChI=1S/C18H25FN4O2S/c1-13-4-2-3-8-25-18(13)26-9-6-15-14(10-19)11-22-12-16(15)23(21)17(24)5-7-20/h3,8,11-12H,2,4-7,9-10,20-21H2,1H3. The second-order valence-corrected chi connectivity index (χ2v) is 6.99. The Balaban J connectivity index is 2.14. The van der Waals surface area contributed by atoms with E-state index in [0.29, 0.717) is 29.0 Å². The highest BCUT2D eigenvalue weighted by molar-refractivity contribution is 8.02. The summed E-state index contributed by atoms with van der Waals surface area (Å²) >= 11 is 1.57. The van der Waals surface area contributed by atoms with Crippen molar-refractivity contribution >= 4 is 23.4 Å². The number of thioether (sulfide) groups is 1. The van der Waals surface area contributed by atoms with E-state index in [1.807, 2.05) is 13.0 Å². The number of pyridine rings is 1. The SMILES string of the molecule is CC1=C(SCCc2c(CF)cncc2N(N)C(=O)CCN)OC=CCC1. The summed E-state index contributed by atoms with van der Waals surface area (Å²) in [4.78, 5) is 16.1. The molecule has 0 fully saturated rings. The van der Waals surface area contributed by atoms with Gasteiger partial charge in [-0.05, 0) is 43.4 Å². The van der Waals surface area contributed by atoms with E-state index >= 15 is 0 Å². The number of anilines is 1. The van der Waals surface area contributed by atoms with Gasteiger partial charge in [-0.3, -0.25) is 9.78 Å². The van der Waals surface area contributed by atoms with Crippen LogP contribution in [0.2, 0.25) is 0 Å². The number of carbonyl (C=O) groups is 1. The monoisotopic (exact) mass is 380 g/mol. The first-order valence-electron chi connectivity index (χ1n) is 8.52. The van der Waals surface area contributed by atoms with Gasteiger partial charge in [0.05, 0.1) is 18.1 Å². The Bertz CT molecular complexity index is 694. The van der Waals surface area contributed by atoms with E-state index in [0.717, 1.165) is 22.9 Å². The zero-order chi connectivity index (χ0) is 18.9. The molecule has 2 rings (SSSR count). The molecule has 2 heterocycles. The van der Waals surface area contributed by atoms with Gasteiger partial charge in [0.15, 0.2) is 5.09 Å². The van der Waals surface area contributed by atoms with Crippen LogP contribution in [0.1, 0.15) is 37.3 Å². The van der Waals surface area contributed by atoms with Gasteiger partial charge in [0.25, 0.3) is 0 Å². The molecule has 1 aromatic rings. The van der Waals surface area contributed by atoms with Crippen molar-refractivity contribution < 1.29 is 13.9 Å². The van der Waals surface area contributed by atoms with Gasteiger partial charge in [0.1, 0.15) is 6.67 Å². The molecule has 1 amide bonds. The third-order valence-corrected chi connectivity index (χ3v) is 5.16. The van der Waals surface area contributed by atoms with Crippen LogP contribution in [0, 0.1) is 0 Å². The van der Waals surface area contributed by atoms with Crippen molar-refractivity contribution in [3.8, 4) is 0 Å². The molecule has 1 aromatic heterocycles. The highest BCUT2D eigenvalue weighted by atomic mass is 32.2. The lowest BCUT2D eigenvalue weighted by Crippen LogP contribution is -2.39. The average Bonchev–Trinajstić information content (AvgIpc) is 2.85. The second kappa shape index (κ2) is 10.3. The first kappa shape index (κ1) is 20.4. The fourth-order valence-corrected chi connectivity index (χ4v) is 3.55. The van der Waals surface area contributed by atoms with Gasteiger partial charge in [-0.25, -0.2) is 15.2 Å². The number of hydrogen-bond donors (Lipinski definition) is 2. The van der Waals surface area contributed by atoms with E-state index in [-0.39, 0.29) is 18.9 Å². The molecule has 0 aromatic carbocycles. The van der Waals surface area contributed by atoms with Crippen molar-refractivity contribution in [3.63, 3.8) is 0 Å². The Hall–Kier alpha value is -1.90. The molecule has 4 N–H and O–H groups in total. The predicted molar refractivity (Wildman–Crippen MR) is 103 cm³/mol. The second-order valence-electron chi connectivity index (χ2n) is 5.93. The lowest BCUT2D eigenvalue weighted by atomic mass is 10.1. The summed E-state index contributed by atoms with van der Waals surface area (Å²) in [6.07, 6.45) is 9.24. The van der Waals surface area contributed by atoms with E-state index in [2.05, 4.69) is 4.98 Å². The van der Waals surface area contributed by atoms with Crippen molar-refractivity contribution in [2.24, 2.45) is 11.6 Å². The lowest BCUT2D eigenvalue weighted by Gasteiger charge is -2.21. The molecule has 0 saturated heterocycles. The minimum absolute atomic E-state index is 0.122. The molecule has 26 heavy (non-hydrogen) atoms. The molecular formula is C18H25FN4O2S. The Morgan fingerprint density at radius 3 is 3.00 bits per heavy atom. The minimum atomic E-state index is -0.666. The van der Waals surface area contributed by atoms with E-state index in [4.69, 9.17) is 16.3 Å². The molecule has 0 spiro atoms. The van der Waals surface area contributed by atoms with Gasteiger partial charge in [-0.15, -0.1) is 0 Å². The molecule has 0 aliphatic carbocycles. The van der Waals surface area contributed by atoms with Crippen molar-refractivity contribution in [3.05, 3.63) is 46.5 Å². The molecule has 0 radical (unpaired) electrons. The zero-order valence-electron chi connectivity index (χ0n) is 14.9. The van der Waals surface area contributed by atoms with Crippen molar-refractivity contribution in [2.75, 3.05) is 17.3 Å². The van der Waals surface area contributed by atoms with E-state index in [1.54, 1.807) is 18.0 Å². The Morgan fingerprint density at radius 1 is 1.46 bits per heavy atom.